The van der Waals surface area contributed by atoms with E-state index in [0.29, 0.717) is 0 Å². The van der Waals surface area contributed by atoms with E-state index in [-0.39, 0.29) is 10.9 Å². The molecule has 0 saturated heterocycles. The summed E-state index contributed by atoms with van der Waals surface area (Å²) in [5.74, 6) is 0.218. The molecule has 0 bridgehead atoms. The number of nitrogens with zero attached hydrogens (tertiary/aromatic N) is 2. The molecule has 1 rings (SSSR count). The van der Waals surface area contributed by atoms with Crippen LogP contribution in [0.4, 0.5) is 0 Å². The molecular weight excluding hydrogens is 184 g/mol. The van der Waals surface area contributed by atoms with Crippen molar-refractivity contribution in [2.45, 2.75) is 0 Å². The van der Waals surface area contributed by atoms with Gasteiger partial charge in [0.25, 0.3) is 0 Å². The monoisotopic (exact) mass is 188 g/mol. The Bertz CT molecular complexity index is 292. The normalized spacial score (nSPS) is 9.42. The Kier molecular flexibility index (Phi) is 2.82. The number of nitro groups is 1. The fraction of sp³-hybridized carbons (Fsp3) is 0.167. The van der Waals surface area contributed by atoms with Gasteiger partial charge in [-0.1, -0.05) is 11.6 Å². The van der Waals surface area contributed by atoms with Crippen LogP contribution in [0.5, 0.6) is 5.75 Å². The summed E-state index contributed by atoms with van der Waals surface area (Å²) < 4.78 is 4.70. The van der Waals surface area contributed by atoms with Crippen LogP contribution in [0.2, 0.25) is 5.15 Å². The number of pyridine rings is 1. The lowest BCUT2D eigenvalue weighted by Gasteiger charge is -2.00. The van der Waals surface area contributed by atoms with Gasteiger partial charge in [-0.05, 0) is 12.1 Å². The van der Waals surface area contributed by atoms with Gasteiger partial charge in [0.1, 0.15) is 0 Å². The standard InChI is InChI=1S/C6H5ClN2O3/c7-6-5(2-1-3-8-6)12-4-9(10)11/h1-3H,4H2. The lowest BCUT2D eigenvalue weighted by molar-refractivity contribution is -0.514. The molecule has 1 aromatic rings. The molecule has 1 heterocycles. The maximum atomic E-state index is 9.90. The minimum Gasteiger partial charge on any atom is -0.429 e. The average molecular weight is 189 g/mol. The molecule has 0 amide bonds. The van der Waals surface area contributed by atoms with Crippen molar-refractivity contribution in [2.75, 3.05) is 6.73 Å². The Morgan fingerprint density at radius 3 is 3.08 bits per heavy atom. The summed E-state index contributed by atoms with van der Waals surface area (Å²) in [7, 11) is 0. The summed E-state index contributed by atoms with van der Waals surface area (Å²) in [5.41, 5.74) is 0. The molecule has 64 valence electrons. The molecule has 0 aliphatic heterocycles. The van der Waals surface area contributed by atoms with Crippen molar-refractivity contribution in [1.29, 1.82) is 0 Å². The van der Waals surface area contributed by atoms with Crippen molar-refractivity contribution in [2.24, 2.45) is 0 Å². The second-order valence-electron chi connectivity index (χ2n) is 1.90. The van der Waals surface area contributed by atoms with E-state index in [9.17, 15) is 10.1 Å². The molecule has 1 aromatic heterocycles. The molecule has 0 saturated carbocycles. The van der Waals surface area contributed by atoms with Crippen molar-refractivity contribution in [3.63, 3.8) is 0 Å². The second-order valence-corrected chi connectivity index (χ2v) is 2.26. The van der Waals surface area contributed by atoms with Crippen molar-refractivity contribution in [3.05, 3.63) is 33.6 Å². The Labute approximate surface area is 73.1 Å². The van der Waals surface area contributed by atoms with Gasteiger partial charge < -0.3 is 4.74 Å². The molecule has 0 aromatic carbocycles. The maximum absolute atomic E-state index is 9.90. The van der Waals surface area contributed by atoms with Gasteiger partial charge in [-0.3, -0.25) is 10.1 Å². The average Bonchev–Trinajstić information content (AvgIpc) is 2.03. The highest BCUT2D eigenvalue weighted by atomic mass is 35.5. The molecule has 0 radical (unpaired) electrons. The molecule has 6 heteroatoms. The predicted molar refractivity (Wildman–Crippen MR) is 41.7 cm³/mol. The number of hydrogen-bond acceptors (Lipinski definition) is 4. The largest absolute Gasteiger partial charge is 0.429 e. The molecule has 0 aliphatic carbocycles. The molecule has 0 fully saturated rings. The SMILES string of the molecule is O=[N+]([O-])COc1cccnc1Cl. The molecule has 12 heavy (non-hydrogen) atoms. The van der Waals surface area contributed by atoms with E-state index in [1.54, 1.807) is 6.07 Å². The zero-order chi connectivity index (χ0) is 8.97. The first kappa shape index (κ1) is 8.73. The van der Waals surface area contributed by atoms with Crippen LogP contribution in [0.1, 0.15) is 0 Å². The molecule has 5 nitrogen and oxygen atoms in total. The first-order chi connectivity index (χ1) is 5.70. The van der Waals surface area contributed by atoms with Crippen LogP contribution in [0.3, 0.4) is 0 Å². The van der Waals surface area contributed by atoms with Crippen LogP contribution in [-0.4, -0.2) is 16.6 Å². The molecular formula is C6H5ClN2O3. The lowest BCUT2D eigenvalue weighted by atomic mass is 10.5. The van der Waals surface area contributed by atoms with Crippen molar-refractivity contribution in [3.8, 4) is 5.75 Å². The van der Waals surface area contributed by atoms with Crippen LogP contribution in [0, 0.1) is 10.1 Å². The van der Waals surface area contributed by atoms with E-state index in [0.717, 1.165) is 0 Å². The van der Waals surface area contributed by atoms with Gasteiger partial charge in [0.2, 0.25) is 0 Å². The fourth-order valence-electron chi connectivity index (χ4n) is 0.601. The molecule has 0 spiro atoms. The summed E-state index contributed by atoms with van der Waals surface area (Å²) in [6.45, 7) is -0.606. The lowest BCUT2D eigenvalue weighted by Crippen LogP contribution is -2.08. The van der Waals surface area contributed by atoms with Crippen LogP contribution < -0.4 is 4.74 Å². The van der Waals surface area contributed by atoms with Crippen LogP contribution in [-0.2, 0) is 0 Å². The zero-order valence-electron chi connectivity index (χ0n) is 5.94. The predicted octanol–water partition coefficient (Wildman–Crippen LogP) is 1.35. The van der Waals surface area contributed by atoms with Gasteiger partial charge in [-0.2, -0.15) is 0 Å². The van der Waals surface area contributed by atoms with Crippen LogP contribution in [0.25, 0.3) is 0 Å². The first-order valence-corrected chi connectivity index (χ1v) is 3.43. The third-order valence-electron chi connectivity index (χ3n) is 1.05. The minimum absolute atomic E-state index is 0.124. The van der Waals surface area contributed by atoms with Crippen LogP contribution in [0.15, 0.2) is 18.3 Å². The van der Waals surface area contributed by atoms with E-state index in [4.69, 9.17) is 16.3 Å². The van der Waals surface area contributed by atoms with Gasteiger partial charge in [-0.25, -0.2) is 4.98 Å². The summed E-state index contributed by atoms with van der Waals surface area (Å²) in [4.78, 5) is 13.0. The molecule has 0 aliphatic rings. The Balaban J connectivity index is 2.63. The van der Waals surface area contributed by atoms with Gasteiger partial charge in [-0.15, -0.1) is 0 Å². The van der Waals surface area contributed by atoms with E-state index in [1.165, 1.54) is 12.3 Å². The maximum Gasteiger partial charge on any atom is 0.344 e. The second kappa shape index (κ2) is 3.87. The topological polar surface area (TPSA) is 65.3 Å². The van der Waals surface area contributed by atoms with E-state index in [2.05, 4.69) is 4.98 Å². The quantitative estimate of drug-likeness (QED) is 0.311. The minimum atomic E-state index is -0.606. The van der Waals surface area contributed by atoms with Gasteiger partial charge in [0.05, 0.1) is 4.92 Å². The summed E-state index contributed by atoms with van der Waals surface area (Å²) >= 11 is 5.55. The van der Waals surface area contributed by atoms with Crippen molar-refractivity contribution in [1.82, 2.24) is 4.98 Å². The highest BCUT2D eigenvalue weighted by molar-refractivity contribution is 6.30. The number of aromatic nitrogens is 1. The number of rotatable bonds is 3. The fourth-order valence-corrected chi connectivity index (χ4v) is 0.775. The highest BCUT2D eigenvalue weighted by Crippen LogP contribution is 2.19. The molecule has 0 unspecified atom stereocenters. The van der Waals surface area contributed by atoms with E-state index in [1.807, 2.05) is 0 Å². The molecule has 0 N–H and O–H groups in total. The van der Waals surface area contributed by atoms with Crippen molar-refractivity contribution >= 4 is 11.6 Å². The molecule has 0 atom stereocenters. The summed E-state index contributed by atoms with van der Waals surface area (Å²) in [6.07, 6.45) is 1.47. The Hall–Kier alpha value is -1.36. The van der Waals surface area contributed by atoms with Crippen molar-refractivity contribution < 1.29 is 9.66 Å². The Morgan fingerprint density at radius 2 is 2.50 bits per heavy atom. The van der Waals surface area contributed by atoms with E-state index < -0.39 is 11.7 Å². The van der Waals surface area contributed by atoms with E-state index >= 15 is 0 Å². The third-order valence-corrected chi connectivity index (χ3v) is 1.33. The highest BCUT2D eigenvalue weighted by Gasteiger charge is 2.03. The third kappa shape index (κ3) is 2.35. The van der Waals surface area contributed by atoms with Gasteiger partial charge in [0.15, 0.2) is 10.9 Å². The van der Waals surface area contributed by atoms with Gasteiger partial charge >= 0.3 is 6.73 Å². The first-order valence-electron chi connectivity index (χ1n) is 3.05. The number of halogens is 1. The van der Waals surface area contributed by atoms with Gasteiger partial charge in [0, 0.05) is 6.20 Å². The number of ether oxygens (including phenoxy) is 1. The Morgan fingerprint density at radius 1 is 1.75 bits per heavy atom. The summed E-state index contributed by atoms with van der Waals surface area (Å²) in [6, 6.07) is 3.10. The number of hydrogen-bond donors (Lipinski definition) is 0. The summed E-state index contributed by atoms with van der Waals surface area (Å²) in [5, 5.41) is 10.0. The smallest absolute Gasteiger partial charge is 0.344 e. The van der Waals surface area contributed by atoms with Crippen LogP contribution >= 0.6 is 11.6 Å². The zero-order valence-corrected chi connectivity index (χ0v) is 6.69.